The Hall–Kier alpha value is -1.81. The van der Waals surface area contributed by atoms with Crippen LogP contribution in [0, 0.1) is 6.92 Å². The molecule has 1 amide bonds. The Morgan fingerprint density at radius 3 is 2.43 bits per heavy atom. The summed E-state index contributed by atoms with van der Waals surface area (Å²) in [4.78, 5) is 23.8. The maximum atomic E-state index is 12.6. The SMILES string of the molecule is CN=C(NCC(=O)N1CCN(c2ccccc2)CC1)NC(C)Cc1ccc(C)s1.I. The lowest BCUT2D eigenvalue weighted by molar-refractivity contribution is -0.130. The number of halogens is 1. The highest BCUT2D eigenvalue weighted by molar-refractivity contribution is 14.0. The van der Waals surface area contributed by atoms with Gasteiger partial charge in [-0.05, 0) is 38.1 Å². The third-order valence-electron chi connectivity index (χ3n) is 5.07. The number of nitrogens with one attached hydrogen (secondary N) is 2. The normalized spacial score (nSPS) is 15.4. The molecular weight excluding hydrogens is 509 g/mol. The predicted molar refractivity (Wildman–Crippen MR) is 137 cm³/mol. The molecule has 0 aliphatic carbocycles. The molecule has 1 aliphatic heterocycles. The second-order valence-electron chi connectivity index (χ2n) is 7.39. The van der Waals surface area contributed by atoms with Crippen molar-refractivity contribution in [2.24, 2.45) is 4.99 Å². The fourth-order valence-corrected chi connectivity index (χ4v) is 4.52. The van der Waals surface area contributed by atoms with Crippen LogP contribution in [-0.2, 0) is 11.2 Å². The summed E-state index contributed by atoms with van der Waals surface area (Å²) in [6.45, 7) is 7.73. The monoisotopic (exact) mass is 541 g/mol. The van der Waals surface area contributed by atoms with Gasteiger partial charge < -0.3 is 20.4 Å². The first kappa shape index (κ1) is 24.5. The Kier molecular flexibility index (Phi) is 9.90. The van der Waals surface area contributed by atoms with E-state index in [2.05, 4.69) is 70.8 Å². The summed E-state index contributed by atoms with van der Waals surface area (Å²) < 4.78 is 0. The van der Waals surface area contributed by atoms with Crippen LogP contribution in [0.25, 0.3) is 0 Å². The Morgan fingerprint density at radius 1 is 1.13 bits per heavy atom. The molecule has 1 aliphatic rings. The molecule has 0 bridgehead atoms. The summed E-state index contributed by atoms with van der Waals surface area (Å²) in [7, 11) is 1.74. The standard InChI is InChI=1S/C22H31N5OS.HI/c1-17(15-20-10-9-18(2)29-20)25-22(23-3)24-16-21(28)27-13-11-26(12-14-27)19-7-5-4-6-8-19;/h4-10,17H,11-16H2,1-3H3,(H2,23,24,25);1H. The highest BCUT2D eigenvalue weighted by Gasteiger charge is 2.21. The Morgan fingerprint density at radius 2 is 1.83 bits per heavy atom. The maximum absolute atomic E-state index is 12.6. The minimum atomic E-state index is 0. The molecule has 1 saturated heterocycles. The molecule has 1 aromatic carbocycles. The van der Waals surface area contributed by atoms with Gasteiger partial charge in [0.2, 0.25) is 5.91 Å². The maximum Gasteiger partial charge on any atom is 0.242 e. The molecule has 1 atom stereocenters. The Labute approximate surface area is 200 Å². The van der Waals surface area contributed by atoms with Crippen molar-refractivity contribution in [3.8, 4) is 0 Å². The van der Waals surface area contributed by atoms with Gasteiger partial charge in [0.15, 0.2) is 5.96 Å². The van der Waals surface area contributed by atoms with E-state index < -0.39 is 0 Å². The van der Waals surface area contributed by atoms with Crippen molar-refractivity contribution in [1.82, 2.24) is 15.5 Å². The van der Waals surface area contributed by atoms with Crippen LogP contribution < -0.4 is 15.5 Å². The number of aryl methyl sites for hydroxylation is 1. The molecule has 0 spiro atoms. The predicted octanol–water partition coefficient (Wildman–Crippen LogP) is 3.12. The fourth-order valence-electron chi connectivity index (χ4n) is 3.50. The van der Waals surface area contributed by atoms with Crippen molar-refractivity contribution in [1.29, 1.82) is 0 Å². The number of amides is 1. The first-order valence-electron chi connectivity index (χ1n) is 10.2. The third-order valence-corrected chi connectivity index (χ3v) is 6.09. The van der Waals surface area contributed by atoms with Gasteiger partial charge in [-0.25, -0.2) is 0 Å². The summed E-state index contributed by atoms with van der Waals surface area (Å²) in [6.07, 6.45) is 0.939. The number of guanidine groups is 1. The number of piperazine rings is 1. The van der Waals surface area contributed by atoms with Crippen LogP contribution in [0.15, 0.2) is 47.5 Å². The van der Waals surface area contributed by atoms with Gasteiger partial charge in [0.25, 0.3) is 0 Å². The Balaban J connectivity index is 0.00000320. The molecule has 2 aromatic rings. The topological polar surface area (TPSA) is 60.0 Å². The number of rotatable bonds is 6. The number of anilines is 1. The summed E-state index contributed by atoms with van der Waals surface area (Å²) in [5.74, 6) is 0.782. The molecule has 1 unspecified atom stereocenters. The van der Waals surface area contributed by atoms with Crippen molar-refractivity contribution in [2.75, 3.05) is 44.7 Å². The number of thiophene rings is 1. The minimum absolute atomic E-state index is 0. The molecule has 3 rings (SSSR count). The van der Waals surface area contributed by atoms with Gasteiger partial charge in [0.1, 0.15) is 0 Å². The second kappa shape index (κ2) is 12.1. The number of hydrogen-bond acceptors (Lipinski definition) is 4. The quantitative estimate of drug-likeness (QED) is 0.335. The van der Waals surface area contributed by atoms with Crippen LogP contribution in [0.2, 0.25) is 0 Å². The summed E-state index contributed by atoms with van der Waals surface area (Å²) in [6, 6.07) is 14.9. The van der Waals surface area contributed by atoms with Crippen molar-refractivity contribution >= 4 is 52.9 Å². The average Bonchev–Trinajstić information content (AvgIpc) is 3.16. The average molecular weight is 542 g/mol. The molecule has 0 saturated carbocycles. The fraction of sp³-hybridized carbons (Fsp3) is 0.455. The van der Waals surface area contributed by atoms with E-state index in [4.69, 9.17) is 0 Å². The van der Waals surface area contributed by atoms with Crippen molar-refractivity contribution in [3.63, 3.8) is 0 Å². The van der Waals surface area contributed by atoms with Gasteiger partial charge in [-0.1, -0.05) is 18.2 Å². The zero-order valence-corrected chi connectivity index (χ0v) is 21.1. The molecule has 8 heteroatoms. The number of hydrogen-bond donors (Lipinski definition) is 2. The largest absolute Gasteiger partial charge is 0.368 e. The van der Waals surface area contributed by atoms with E-state index in [1.54, 1.807) is 7.05 Å². The lowest BCUT2D eigenvalue weighted by Crippen LogP contribution is -2.52. The van der Waals surface area contributed by atoms with E-state index in [1.165, 1.54) is 15.4 Å². The molecule has 30 heavy (non-hydrogen) atoms. The lowest BCUT2D eigenvalue weighted by Gasteiger charge is -2.36. The van der Waals surface area contributed by atoms with Gasteiger partial charge in [0, 0.05) is 61.1 Å². The molecule has 2 N–H and O–H groups in total. The zero-order chi connectivity index (χ0) is 20.6. The first-order valence-corrected chi connectivity index (χ1v) is 11.0. The number of para-hydroxylation sites is 1. The number of benzene rings is 1. The van der Waals surface area contributed by atoms with Gasteiger partial charge in [-0.2, -0.15) is 0 Å². The molecule has 1 fully saturated rings. The van der Waals surface area contributed by atoms with Crippen LogP contribution in [-0.4, -0.2) is 62.6 Å². The van der Waals surface area contributed by atoms with Crippen molar-refractivity contribution in [3.05, 3.63) is 52.2 Å². The minimum Gasteiger partial charge on any atom is -0.368 e. The first-order chi connectivity index (χ1) is 14.0. The number of aliphatic imine (C=N–C) groups is 1. The van der Waals surface area contributed by atoms with E-state index in [1.807, 2.05) is 22.3 Å². The van der Waals surface area contributed by atoms with Crippen LogP contribution in [0.1, 0.15) is 16.7 Å². The van der Waals surface area contributed by atoms with E-state index in [0.29, 0.717) is 5.96 Å². The van der Waals surface area contributed by atoms with E-state index in [0.717, 1.165) is 32.6 Å². The van der Waals surface area contributed by atoms with Gasteiger partial charge in [-0.3, -0.25) is 9.79 Å². The number of carbonyl (C=O) groups is 1. The molecule has 164 valence electrons. The molecule has 2 heterocycles. The third kappa shape index (κ3) is 7.16. The van der Waals surface area contributed by atoms with Gasteiger partial charge in [-0.15, -0.1) is 35.3 Å². The van der Waals surface area contributed by atoms with Crippen LogP contribution in [0.4, 0.5) is 5.69 Å². The molecular formula is C22H32IN5OS. The lowest BCUT2D eigenvalue weighted by atomic mass is 10.2. The van der Waals surface area contributed by atoms with Crippen LogP contribution >= 0.6 is 35.3 Å². The van der Waals surface area contributed by atoms with Gasteiger partial charge >= 0.3 is 0 Å². The molecule has 0 radical (unpaired) electrons. The van der Waals surface area contributed by atoms with Crippen LogP contribution in [0.5, 0.6) is 0 Å². The van der Waals surface area contributed by atoms with Crippen molar-refractivity contribution in [2.45, 2.75) is 26.3 Å². The van der Waals surface area contributed by atoms with Crippen molar-refractivity contribution < 1.29 is 4.79 Å². The second-order valence-corrected chi connectivity index (χ2v) is 8.76. The summed E-state index contributed by atoms with van der Waals surface area (Å²) >= 11 is 1.82. The van der Waals surface area contributed by atoms with Gasteiger partial charge in [0.05, 0.1) is 6.54 Å². The highest BCUT2D eigenvalue weighted by Crippen LogP contribution is 2.17. The molecule has 1 aromatic heterocycles. The molecule has 6 nitrogen and oxygen atoms in total. The number of carbonyl (C=O) groups excluding carboxylic acids is 1. The Bertz CT molecular complexity index is 818. The van der Waals surface area contributed by atoms with Crippen LogP contribution in [0.3, 0.4) is 0 Å². The smallest absolute Gasteiger partial charge is 0.242 e. The highest BCUT2D eigenvalue weighted by atomic mass is 127. The summed E-state index contributed by atoms with van der Waals surface area (Å²) in [5, 5.41) is 6.55. The number of nitrogens with zero attached hydrogens (tertiary/aromatic N) is 3. The summed E-state index contributed by atoms with van der Waals surface area (Å²) in [5.41, 5.74) is 1.22. The zero-order valence-electron chi connectivity index (χ0n) is 17.9. The van der Waals surface area contributed by atoms with E-state index in [-0.39, 0.29) is 42.5 Å². The van der Waals surface area contributed by atoms with E-state index in [9.17, 15) is 4.79 Å². The van der Waals surface area contributed by atoms with E-state index >= 15 is 0 Å².